The summed E-state index contributed by atoms with van der Waals surface area (Å²) in [6, 6.07) is 15.2. The van der Waals surface area contributed by atoms with Crippen LogP contribution in [0, 0.1) is 0 Å². The molecule has 2 aromatic carbocycles. The largest absolute Gasteiger partial charge is 0.497 e. The van der Waals surface area contributed by atoms with E-state index in [1.54, 1.807) is 18.9 Å². The number of amides is 1. The SMILES string of the molecule is COc1ccc([C@@H]2CCCN2C(=O)CCc2nc3c(cnn3-c3ccccc3)c(=O)[nH]2)c(OC)c1. The predicted octanol–water partition coefficient (Wildman–Crippen LogP) is 3.42. The van der Waals surface area contributed by atoms with Crippen LogP contribution in [0.1, 0.15) is 36.7 Å². The van der Waals surface area contributed by atoms with Crippen LogP contribution in [-0.4, -0.2) is 51.3 Å². The highest BCUT2D eigenvalue weighted by atomic mass is 16.5. The lowest BCUT2D eigenvalue weighted by Gasteiger charge is -2.26. The average molecular weight is 474 g/mol. The van der Waals surface area contributed by atoms with Crippen LogP contribution in [0.4, 0.5) is 0 Å². The quantitative estimate of drug-likeness (QED) is 0.441. The summed E-state index contributed by atoms with van der Waals surface area (Å²) in [5.74, 6) is 1.90. The van der Waals surface area contributed by atoms with Crippen LogP contribution in [0.25, 0.3) is 16.7 Å². The summed E-state index contributed by atoms with van der Waals surface area (Å²) in [6.07, 6.45) is 3.87. The molecule has 180 valence electrons. The molecule has 2 aromatic heterocycles. The van der Waals surface area contributed by atoms with Gasteiger partial charge in [0, 0.05) is 31.0 Å². The van der Waals surface area contributed by atoms with Gasteiger partial charge in [0.2, 0.25) is 5.91 Å². The molecule has 1 saturated heterocycles. The molecule has 35 heavy (non-hydrogen) atoms. The molecule has 3 heterocycles. The molecule has 1 aliphatic rings. The number of hydrogen-bond donors (Lipinski definition) is 1. The molecule has 0 spiro atoms. The highest BCUT2D eigenvalue weighted by Gasteiger charge is 2.31. The first-order valence-electron chi connectivity index (χ1n) is 11.6. The van der Waals surface area contributed by atoms with Gasteiger partial charge in [-0.2, -0.15) is 5.10 Å². The molecular weight excluding hydrogens is 446 g/mol. The molecule has 0 aliphatic carbocycles. The van der Waals surface area contributed by atoms with E-state index >= 15 is 0 Å². The number of fused-ring (bicyclic) bond motifs is 1. The van der Waals surface area contributed by atoms with Crippen molar-refractivity contribution < 1.29 is 14.3 Å². The van der Waals surface area contributed by atoms with Gasteiger partial charge in [0.1, 0.15) is 22.7 Å². The van der Waals surface area contributed by atoms with E-state index in [0.29, 0.717) is 41.3 Å². The van der Waals surface area contributed by atoms with Crippen LogP contribution < -0.4 is 15.0 Å². The second-order valence-electron chi connectivity index (χ2n) is 8.49. The minimum atomic E-state index is -0.262. The van der Waals surface area contributed by atoms with Crippen molar-refractivity contribution in [1.82, 2.24) is 24.6 Å². The van der Waals surface area contributed by atoms with Crippen LogP contribution in [-0.2, 0) is 11.2 Å². The fourth-order valence-corrected chi connectivity index (χ4v) is 4.69. The van der Waals surface area contributed by atoms with Crippen molar-refractivity contribution in [3.63, 3.8) is 0 Å². The highest BCUT2D eigenvalue weighted by molar-refractivity contribution is 5.78. The summed E-state index contributed by atoms with van der Waals surface area (Å²) in [7, 11) is 3.24. The predicted molar refractivity (Wildman–Crippen MR) is 131 cm³/mol. The summed E-state index contributed by atoms with van der Waals surface area (Å²) in [4.78, 5) is 35.2. The third-order valence-electron chi connectivity index (χ3n) is 6.44. The van der Waals surface area contributed by atoms with E-state index < -0.39 is 0 Å². The van der Waals surface area contributed by atoms with E-state index in [9.17, 15) is 9.59 Å². The first kappa shape index (κ1) is 22.6. The zero-order valence-electron chi connectivity index (χ0n) is 19.7. The molecule has 9 nitrogen and oxygen atoms in total. The Morgan fingerprint density at radius 2 is 1.97 bits per heavy atom. The molecule has 4 aromatic rings. The fourth-order valence-electron chi connectivity index (χ4n) is 4.69. The molecule has 0 radical (unpaired) electrons. The number of nitrogens with one attached hydrogen (secondary N) is 1. The molecule has 5 rings (SSSR count). The molecular formula is C26H27N5O4. The smallest absolute Gasteiger partial charge is 0.262 e. The van der Waals surface area contributed by atoms with Crippen molar-refractivity contribution in [3.05, 3.63) is 76.5 Å². The number of hydrogen-bond acceptors (Lipinski definition) is 6. The third-order valence-corrected chi connectivity index (χ3v) is 6.44. The Bertz CT molecular complexity index is 1410. The Kier molecular flexibility index (Phi) is 6.22. The van der Waals surface area contributed by atoms with Gasteiger partial charge in [0.15, 0.2) is 5.65 Å². The summed E-state index contributed by atoms with van der Waals surface area (Å²) >= 11 is 0. The average Bonchev–Trinajstić information content (AvgIpc) is 3.55. The molecule has 1 fully saturated rings. The van der Waals surface area contributed by atoms with E-state index in [1.165, 1.54) is 6.20 Å². The number of methoxy groups -OCH3 is 2. The number of ether oxygens (including phenoxy) is 2. The molecule has 0 bridgehead atoms. The Morgan fingerprint density at radius 1 is 1.14 bits per heavy atom. The number of rotatable bonds is 7. The highest BCUT2D eigenvalue weighted by Crippen LogP contribution is 2.39. The van der Waals surface area contributed by atoms with Crippen molar-refractivity contribution >= 4 is 16.9 Å². The minimum Gasteiger partial charge on any atom is -0.497 e. The minimum absolute atomic E-state index is 0.0182. The molecule has 1 aliphatic heterocycles. The first-order chi connectivity index (χ1) is 17.1. The lowest BCUT2D eigenvalue weighted by molar-refractivity contribution is -0.132. The summed E-state index contributed by atoms with van der Waals surface area (Å²) in [5, 5.41) is 4.75. The third kappa shape index (κ3) is 4.37. The van der Waals surface area contributed by atoms with Gasteiger partial charge < -0.3 is 19.4 Å². The maximum Gasteiger partial charge on any atom is 0.262 e. The number of para-hydroxylation sites is 1. The van der Waals surface area contributed by atoms with Crippen molar-refractivity contribution in [1.29, 1.82) is 0 Å². The number of benzene rings is 2. The number of H-pyrrole nitrogens is 1. The second kappa shape index (κ2) is 9.61. The first-order valence-corrected chi connectivity index (χ1v) is 11.6. The molecule has 9 heteroatoms. The van der Waals surface area contributed by atoms with Crippen LogP contribution in [0.3, 0.4) is 0 Å². The summed E-state index contributed by atoms with van der Waals surface area (Å²) in [5.41, 5.74) is 2.00. The van der Waals surface area contributed by atoms with Gasteiger partial charge in [0.05, 0.1) is 32.1 Å². The van der Waals surface area contributed by atoms with Gasteiger partial charge in [0.25, 0.3) is 5.56 Å². The number of nitrogens with zero attached hydrogens (tertiary/aromatic N) is 4. The van der Waals surface area contributed by atoms with E-state index in [0.717, 1.165) is 24.1 Å². The monoisotopic (exact) mass is 473 g/mol. The number of carbonyl (C=O) groups is 1. The maximum atomic E-state index is 13.2. The normalized spacial score (nSPS) is 15.5. The molecule has 1 atom stereocenters. The van der Waals surface area contributed by atoms with E-state index in [-0.39, 0.29) is 23.9 Å². The van der Waals surface area contributed by atoms with Gasteiger partial charge in [-0.05, 0) is 37.1 Å². The van der Waals surface area contributed by atoms with E-state index in [4.69, 9.17) is 9.47 Å². The molecule has 1 amide bonds. The standard InChI is InChI=1S/C26H27N5O4/c1-34-18-10-11-19(22(15-18)35-2)21-9-6-14-30(21)24(32)13-12-23-28-25-20(26(33)29-23)16-27-31(25)17-7-4-3-5-8-17/h3-5,7-8,10-11,15-16,21H,6,9,12-14H2,1-2H3,(H,28,29,33)/t21-/m0/s1. The van der Waals surface area contributed by atoms with Gasteiger partial charge >= 0.3 is 0 Å². The lowest BCUT2D eigenvalue weighted by atomic mass is 10.0. The van der Waals surface area contributed by atoms with Crippen molar-refractivity contribution in [2.75, 3.05) is 20.8 Å². The Hall–Kier alpha value is -4.14. The number of carbonyl (C=O) groups excluding carboxylic acids is 1. The van der Waals surface area contributed by atoms with Crippen molar-refractivity contribution in [2.24, 2.45) is 0 Å². The molecule has 0 saturated carbocycles. The lowest BCUT2D eigenvalue weighted by Crippen LogP contribution is -2.31. The van der Waals surface area contributed by atoms with Gasteiger partial charge in [-0.25, -0.2) is 9.67 Å². The van der Waals surface area contributed by atoms with Crippen molar-refractivity contribution in [2.45, 2.75) is 31.7 Å². The molecule has 0 unspecified atom stereocenters. The summed E-state index contributed by atoms with van der Waals surface area (Å²) < 4.78 is 12.5. The van der Waals surface area contributed by atoms with Gasteiger partial charge in [-0.1, -0.05) is 18.2 Å². The van der Waals surface area contributed by atoms with Crippen molar-refractivity contribution in [3.8, 4) is 17.2 Å². The second-order valence-corrected chi connectivity index (χ2v) is 8.49. The Balaban J connectivity index is 1.35. The van der Waals surface area contributed by atoms with E-state index in [1.807, 2.05) is 53.4 Å². The number of aryl methyl sites for hydroxylation is 1. The van der Waals surface area contributed by atoms with Crippen LogP contribution in [0.5, 0.6) is 11.5 Å². The van der Waals surface area contributed by atoms with Gasteiger partial charge in [-0.3, -0.25) is 9.59 Å². The van der Waals surface area contributed by atoms with Crippen LogP contribution in [0.2, 0.25) is 0 Å². The topological polar surface area (TPSA) is 102 Å². The zero-order valence-corrected chi connectivity index (χ0v) is 19.7. The maximum absolute atomic E-state index is 13.2. The Labute approximate surface area is 202 Å². The number of aromatic amines is 1. The van der Waals surface area contributed by atoms with Crippen LogP contribution >= 0.6 is 0 Å². The number of aromatic nitrogens is 4. The zero-order chi connectivity index (χ0) is 24.4. The Morgan fingerprint density at radius 3 is 2.74 bits per heavy atom. The van der Waals surface area contributed by atoms with E-state index in [2.05, 4.69) is 15.1 Å². The fraction of sp³-hybridized carbons (Fsp3) is 0.308. The van der Waals surface area contributed by atoms with Crippen LogP contribution in [0.15, 0.2) is 59.5 Å². The number of likely N-dealkylation sites (tertiary alicyclic amines) is 1. The molecule has 1 N–H and O–H groups in total. The van der Waals surface area contributed by atoms with Gasteiger partial charge in [-0.15, -0.1) is 0 Å². The summed E-state index contributed by atoms with van der Waals surface area (Å²) in [6.45, 7) is 0.683.